The van der Waals surface area contributed by atoms with Crippen molar-refractivity contribution in [2.75, 3.05) is 16.3 Å². The van der Waals surface area contributed by atoms with Crippen molar-refractivity contribution >= 4 is 45.5 Å². The van der Waals surface area contributed by atoms with Gasteiger partial charge in [0, 0.05) is 23.4 Å². The highest BCUT2D eigenvalue weighted by Gasteiger charge is 2.43. The molecule has 0 unspecified atom stereocenters. The van der Waals surface area contributed by atoms with Crippen molar-refractivity contribution in [3.05, 3.63) is 12.7 Å². The molecule has 0 radical (unpaired) electrons. The number of carbonyl (C=O) groups excluding carboxylic acids is 1. The van der Waals surface area contributed by atoms with Crippen molar-refractivity contribution in [1.29, 1.82) is 0 Å². The third kappa shape index (κ3) is 3.82. The van der Waals surface area contributed by atoms with Crippen LogP contribution >= 0.6 is 22.6 Å². The highest BCUT2D eigenvalue weighted by molar-refractivity contribution is 14.1. The van der Waals surface area contributed by atoms with Crippen LogP contribution in [0.25, 0.3) is 11.2 Å². The number of hydrogen-bond donors (Lipinski definition) is 4. The van der Waals surface area contributed by atoms with Gasteiger partial charge < -0.3 is 36.3 Å². The second kappa shape index (κ2) is 8.18. The van der Waals surface area contributed by atoms with Crippen molar-refractivity contribution in [1.82, 2.24) is 25.7 Å². The lowest BCUT2D eigenvalue weighted by molar-refractivity contribution is -0.305. The monoisotopic (exact) mass is 466 g/mol. The molecule has 0 aromatic carbocycles. The number of rotatable bonds is 6. The molecule has 11 nitrogen and oxygen atoms in total. The van der Waals surface area contributed by atoms with Gasteiger partial charge in [0.1, 0.15) is 18.5 Å². The summed E-state index contributed by atoms with van der Waals surface area (Å²) < 4.78 is 7.75. The number of fused-ring (bicyclic) bond motifs is 1. The highest BCUT2D eigenvalue weighted by atomic mass is 127. The van der Waals surface area contributed by atoms with Crippen LogP contribution < -0.4 is 16.6 Å². The number of anilines is 1. The van der Waals surface area contributed by atoms with E-state index in [0.717, 1.165) is 0 Å². The molecule has 0 bridgehead atoms. The molecule has 3 heterocycles. The number of hydrogen-bond acceptors (Lipinski definition) is 9. The molecule has 1 saturated heterocycles. The number of aliphatic hydroxyl groups excluding tert-OH is 2. The molecule has 7 N–H and O–H groups in total. The number of halogens is 1. The molecule has 138 valence electrons. The first-order valence-corrected chi connectivity index (χ1v) is 8.74. The summed E-state index contributed by atoms with van der Waals surface area (Å²) in [6.07, 6.45) is -0.811. The number of nitrogens with zero attached hydrogens (tertiary/aromatic N) is 4. The van der Waals surface area contributed by atoms with Crippen LogP contribution in [0.2, 0.25) is 0 Å². The van der Waals surface area contributed by atoms with Crippen molar-refractivity contribution in [2.45, 2.75) is 31.0 Å². The second-order valence-corrected chi connectivity index (χ2v) is 6.18. The molecule has 25 heavy (non-hydrogen) atoms. The topological polar surface area (TPSA) is 182 Å². The molecule has 0 aliphatic carbocycles. The van der Waals surface area contributed by atoms with Crippen LogP contribution in [0.3, 0.4) is 0 Å². The van der Waals surface area contributed by atoms with Crippen LogP contribution in [-0.4, -0.2) is 65.0 Å². The maximum absolute atomic E-state index is 10.5. The Morgan fingerprint density at radius 3 is 2.76 bits per heavy atom. The Labute approximate surface area is 156 Å². The zero-order chi connectivity index (χ0) is 17.3. The van der Waals surface area contributed by atoms with E-state index in [4.69, 9.17) is 4.74 Å². The fourth-order valence-corrected chi connectivity index (χ4v) is 3.27. The molecular weight excluding hydrogens is 447 g/mol. The number of alkyl halides is 1. The maximum Gasteiger partial charge on any atom is 0.167 e. The summed E-state index contributed by atoms with van der Waals surface area (Å²) in [5.41, 5.74) is 0.824. The first-order chi connectivity index (χ1) is 11.5. The van der Waals surface area contributed by atoms with Crippen LogP contribution in [0.1, 0.15) is 12.6 Å². The molecule has 0 saturated carbocycles. The van der Waals surface area contributed by atoms with Gasteiger partial charge in [-0.25, -0.2) is 15.0 Å². The quantitative estimate of drug-likeness (QED) is 0.300. The number of aliphatic carboxylic acids is 1. The van der Waals surface area contributed by atoms with Gasteiger partial charge in [-0.05, 0) is 0 Å². The number of carboxylic acid groups (broad SMARTS) is 1. The van der Waals surface area contributed by atoms with Crippen LogP contribution in [0.5, 0.6) is 0 Å². The molecular formula is C13H19IN6O5. The molecule has 0 spiro atoms. The third-order valence-corrected chi connectivity index (χ3v) is 4.61. The van der Waals surface area contributed by atoms with E-state index in [-0.39, 0.29) is 19.1 Å². The number of aromatic nitrogens is 4. The number of quaternary nitrogens is 1. The third-order valence-electron chi connectivity index (χ3n) is 3.74. The van der Waals surface area contributed by atoms with E-state index in [9.17, 15) is 20.1 Å². The SMILES string of the molecule is O=C([O-])CCNc1ncnc2c1ncn2[C@@H]1O[C@H](CI)[C@@H](O)[C@H]1O.[NH4+]. The van der Waals surface area contributed by atoms with Gasteiger partial charge in [-0.15, -0.1) is 0 Å². The zero-order valence-corrected chi connectivity index (χ0v) is 15.5. The lowest BCUT2D eigenvalue weighted by atomic mass is 10.1. The smallest absolute Gasteiger partial charge is 0.167 e. The van der Waals surface area contributed by atoms with Crippen molar-refractivity contribution in [3.8, 4) is 0 Å². The van der Waals surface area contributed by atoms with E-state index in [2.05, 4.69) is 42.9 Å². The van der Waals surface area contributed by atoms with Crippen molar-refractivity contribution in [3.63, 3.8) is 0 Å². The first-order valence-electron chi connectivity index (χ1n) is 7.21. The van der Waals surface area contributed by atoms with Crippen molar-refractivity contribution in [2.24, 2.45) is 0 Å². The summed E-state index contributed by atoms with van der Waals surface area (Å²) in [5, 5.41) is 33.6. The van der Waals surface area contributed by atoms with Crippen molar-refractivity contribution < 1.29 is 24.9 Å². The standard InChI is InChI=1S/C13H16IN5O5.H3N/c14-3-6-9(22)10(23)13(24-6)19-5-18-8-11(15-2-1-7(20)21)16-4-17-12(8)19;/h4-6,9-10,13,22-23H,1-3H2,(H,20,21)(H,15,16,17);1H3/t6-,9-,10-,13-;/m1./s1. The number of nitrogens with one attached hydrogen (secondary N) is 1. The van der Waals surface area contributed by atoms with E-state index in [1.54, 1.807) is 0 Å². The summed E-state index contributed by atoms with van der Waals surface area (Å²) in [6.45, 7) is 0.138. The lowest BCUT2D eigenvalue weighted by Crippen LogP contribution is -2.32. The van der Waals surface area contributed by atoms with Gasteiger partial charge in [-0.2, -0.15) is 0 Å². The van der Waals surface area contributed by atoms with Crippen LogP contribution in [-0.2, 0) is 9.53 Å². The minimum Gasteiger partial charge on any atom is -0.550 e. The molecule has 4 atom stereocenters. The summed E-state index contributed by atoms with van der Waals surface area (Å²) in [5.74, 6) is -0.793. The predicted molar refractivity (Wildman–Crippen MR) is 94.2 cm³/mol. The summed E-state index contributed by atoms with van der Waals surface area (Å²) >= 11 is 2.08. The van der Waals surface area contributed by atoms with Gasteiger partial charge in [0.2, 0.25) is 0 Å². The lowest BCUT2D eigenvalue weighted by Gasteiger charge is -2.16. The molecule has 1 aliphatic heterocycles. The Balaban J connectivity index is 0.00000225. The number of aliphatic hydroxyl groups is 2. The molecule has 2 aromatic heterocycles. The Morgan fingerprint density at radius 2 is 2.12 bits per heavy atom. The average molecular weight is 466 g/mol. The van der Waals surface area contributed by atoms with Gasteiger partial charge in [-0.3, -0.25) is 4.57 Å². The molecule has 1 fully saturated rings. The second-order valence-electron chi connectivity index (χ2n) is 5.30. The predicted octanol–water partition coefficient (Wildman–Crippen LogP) is -1.19. The van der Waals surface area contributed by atoms with Gasteiger partial charge in [0.05, 0.1) is 12.4 Å². The Morgan fingerprint density at radius 1 is 1.36 bits per heavy atom. The van der Waals surface area contributed by atoms with Gasteiger partial charge in [0.25, 0.3) is 0 Å². The fourth-order valence-electron chi connectivity index (χ4n) is 2.54. The normalized spacial score (nSPS) is 25.7. The largest absolute Gasteiger partial charge is 0.550 e. The Kier molecular flexibility index (Phi) is 6.45. The minimum atomic E-state index is -1.17. The molecule has 0 amide bonds. The van der Waals surface area contributed by atoms with Gasteiger partial charge in [0.15, 0.2) is 23.2 Å². The first kappa shape index (κ1) is 19.7. The van der Waals surface area contributed by atoms with Gasteiger partial charge in [-0.1, -0.05) is 22.6 Å². The van der Waals surface area contributed by atoms with Crippen LogP contribution in [0, 0.1) is 0 Å². The molecule has 3 rings (SSSR count). The Bertz CT molecular complexity index is 743. The zero-order valence-electron chi connectivity index (χ0n) is 13.4. The Hall–Kier alpha value is -1.61. The molecule has 2 aromatic rings. The van der Waals surface area contributed by atoms with Gasteiger partial charge >= 0.3 is 0 Å². The molecule has 12 heteroatoms. The number of carbonyl (C=O) groups is 1. The minimum absolute atomic E-state index is 0. The number of ether oxygens (including phenoxy) is 1. The summed E-state index contributed by atoms with van der Waals surface area (Å²) in [7, 11) is 0. The molecule has 1 aliphatic rings. The van der Waals surface area contributed by atoms with E-state index >= 15 is 0 Å². The highest BCUT2D eigenvalue weighted by Crippen LogP contribution is 2.32. The van der Waals surface area contributed by atoms with E-state index < -0.39 is 30.5 Å². The fraction of sp³-hybridized carbons (Fsp3) is 0.538. The summed E-state index contributed by atoms with van der Waals surface area (Å²) in [6, 6.07) is 0. The number of carboxylic acids is 1. The maximum atomic E-state index is 10.5. The van der Waals surface area contributed by atoms with E-state index in [1.807, 2.05) is 0 Å². The van der Waals surface area contributed by atoms with E-state index in [1.165, 1.54) is 17.2 Å². The van der Waals surface area contributed by atoms with Crippen LogP contribution in [0.4, 0.5) is 5.82 Å². The number of imidazole rings is 1. The summed E-state index contributed by atoms with van der Waals surface area (Å²) in [4.78, 5) is 22.9. The van der Waals surface area contributed by atoms with E-state index in [0.29, 0.717) is 21.4 Å². The average Bonchev–Trinajstić information content (AvgIpc) is 3.10. The van der Waals surface area contributed by atoms with Crippen LogP contribution in [0.15, 0.2) is 12.7 Å².